The Morgan fingerprint density at radius 2 is 2.23 bits per heavy atom. The first kappa shape index (κ1) is 22.0. The zero-order valence-electron chi connectivity index (χ0n) is 18.1. The molecule has 8 heteroatoms. The van der Waals surface area contributed by atoms with Gasteiger partial charge in [-0.2, -0.15) is 0 Å². The third-order valence-corrected chi connectivity index (χ3v) is 7.47. The van der Waals surface area contributed by atoms with Gasteiger partial charge >= 0.3 is 0 Å². The number of aromatic nitrogens is 2. The van der Waals surface area contributed by atoms with Gasteiger partial charge in [0.1, 0.15) is 4.83 Å². The third kappa shape index (κ3) is 4.71. The van der Waals surface area contributed by atoms with Crippen LogP contribution in [0.25, 0.3) is 15.9 Å². The van der Waals surface area contributed by atoms with E-state index in [9.17, 15) is 9.59 Å². The summed E-state index contributed by atoms with van der Waals surface area (Å²) in [6, 6.07) is 7.82. The number of ether oxygens (including phenoxy) is 1. The van der Waals surface area contributed by atoms with E-state index in [1.165, 1.54) is 11.8 Å². The number of rotatable bonds is 7. The van der Waals surface area contributed by atoms with Gasteiger partial charge in [0.15, 0.2) is 5.16 Å². The summed E-state index contributed by atoms with van der Waals surface area (Å²) in [7, 11) is 0. The highest BCUT2D eigenvalue weighted by Crippen LogP contribution is 2.30. The number of benzene rings is 1. The number of thiophene rings is 1. The Hall–Kier alpha value is -2.16. The van der Waals surface area contributed by atoms with Crippen molar-refractivity contribution in [3.8, 4) is 5.69 Å². The zero-order valence-corrected chi connectivity index (χ0v) is 19.7. The van der Waals surface area contributed by atoms with E-state index in [-0.39, 0.29) is 23.3 Å². The summed E-state index contributed by atoms with van der Waals surface area (Å²) < 4.78 is 7.22. The Morgan fingerprint density at radius 1 is 1.39 bits per heavy atom. The van der Waals surface area contributed by atoms with E-state index < -0.39 is 0 Å². The molecule has 0 bridgehead atoms. The lowest BCUT2D eigenvalue weighted by Gasteiger charge is -2.14. The van der Waals surface area contributed by atoms with Gasteiger partial charge in [0.05, 0.1) is 22.9 Å². The first-order valence-electron chi connectivity index (χ1n) is 10.6. The van der Waals surface area contributed by atoms with E-state index in [4.69, 9.17) is 9.72 Å². The number of fused-ring (bicyclic) bond motifs is 1. The topological polar surface area (TPSA) is 73.2 Å². The van der Waals surface area contributed by atoms with Crippen molar-refractivity contribution in [1.82, 2.24) is 14.9 Å². The van der Waals surface area contributed by atoms with Crippen molar-refractivity contribution in [2.24, 2.45) is 0 Å². The maximum absolute atomic E-state index is 13.6. The minimum Gasteiger partial charge on any atom is -0.376 e. The SMILES string of the molecule is CCc1c(C)sc2nc(SCC(=O)NCC3CCCO3)n(-c3cccc(C)c3)c(=O)c12. The Bertz CT molecular complexity index is 1160. The van der Waals surface area contributed by atoms with E-state index in [1.807, 2.05) is 38.1 Å². The van der Waals surface area contributed by atoms with Crippen molar-refractivity contribution in [1.29, 1.82) is 0 Å². The summed E-state index contributed by atoms with van der Waals surface area (Å²) in [5.74, 6) is 0.115. The summed E-state index contributed by atoms with van der Waals surface area (Å²) in [6.07, 6.45) is 2.92. The normalized spacial score (nSPS) is 16.2. The molecule has 0 spiro atoms. The monoisotopic (exact) mass is 457 g/mol. The summed E-state index contributed by atoms with van der Waals surface area (Å²) in [5, 5.41) is 4.17. The highest BCUT2D eigenvalue weighted by atomic mass is 32.2. The van der Waals surface area contributed by atoms with Gasteiger partial charge in [-0.3, -0.25) is 14.2 Å². The average molecular weight is 458 g/mol. The molecule has 1 unspecified atom stereocenters. The van der Waals surface area contributed by atoms with Gasteiger partial charge in [-0.15, -0.1) is 11.3 Å². The second-order valence-electron chi connectivity index (χ2n) is 7.77. The van der Waals surface area contributed by atoms with Crippen LogP contribution in [0, 0.1) is 13.8 Å². The van der Waals surface area contributed by atoms with Crippen molar-refractivity contribution in [2.45, 2.75) is 51.3 Å². The number of nitrogens with zero attached hydrogens (tertiary/aromatic N) is 2. The van der Waals surface area contributed by atoms with E-state index in [0.29, 0.717) is 17.1 Å². The molecule has 1 aromatic carbocycles. The maximum Gasteiger partial charge on any atom is 0.267 e. The summed E-state index contributed by atoms with van der Waals surface area (Å²) in [5.41, 5.74) is 2.82. The molecule has 1 atom stereocenters. The molecule has 6 nitrogen and oxygen atoms in total. The predicted molar refractivity (Wildman–Crippen MR) is 127 cm³/mol. The van der Waals surface area contributed by atoms with E-state index in [2.05, 4.69) is 12.2 Å². The lowest BCUT2D eigenvalue weighted by Crippen LogP contribution is -2.33. The Balaban J connectivity index is 1.67. The van der Waals surface area contributed by atoms with Crippen LogP contribution in [0.15, 0.2) is 34.2 Å². The van der Waals surface area contributed by atoms with Crippen LogP contribution in [-0.4, -0.2) is 40.5 Å². The van der Waals surface area contributed by atoms with Crippen molar-refractivity contribution in [3.63, 3.8) is 0 Å². The second-order valence-corrected chi connectivity index (χ2v) is 9.92. The van der Waals surface area contributed by atoms with Gasteiger partial charge in [0, 0.05) is 18.0 Å². The Kier molecular flexibility index (Phi) is 6.79. The molecule has 1 saturated heterocycles. The fraction of sp³-hybridized carbons (Fsp3) is 0.435. The molecule has 2 aromatic heterocycles. The Morgan fingerprint density at radius 3 is 2.94 bits per heavy atom. The van der Waals surface area contributed by atoms with Crippen LogP contribution in [0.2, 0.25) is 0 Å². The third-order valence-electron chi connectivity index (χ3n) is 5.49. The first-order chi connectivity index (χ1) is 15.0. The van der Waals surface area contributed by atoms with Crippen molar-refractivity contribution < 1.29 is 9.53 Å². The second kappa shape index (κ2) is 9.54. The van der Waals surface area contributed by atoms with Gasteiger partial charge in [-0.05, 0) is 56.4 Å². The van der Waals surface area contributed by atoms with E-state index >= 15 is 0 Å². The van der Waals surface area contributed by atoms with Crippen LogP contribution in [0.5, 0.6) is 0 Å². The van der Waals surface area contributed by atoms with Gasteiger partial charge in [0.2, 0.25) is 5.91 Å². The molecular weight excluding hydrogens is 430 g/mol. The van der Waals surface area contributed by atoms with Crippen LogP contribution >= 0.6 is 23.1 Å². The molecule has 3 heterocycles. The molecule has 31 heavy (non-hydrogen) atoms. The molecule has 1 fully saturated rings. The summed E-state index contributed by atoms with van der Waals surface area (Å²) in [4.78, 5) is 32.7. The lowest BCUT2D eigenvalue weighted by molar-refractivity contribution is -0.119. The molecule has 1 aliphatic heterocycles. The average Bonchev–Trinajstić information content (AvgIpc) is 3.37. The highest BCUT2D eigenvalue weighted by Gasteiger charge is 2.20. The van der Waals surface area contributed by atoms with Crippen LogP contribution in [0.4, 0.5) is 0 Å². The predicted octanol–water partition coefficient (Wildman–Crippen LogP) is 4.01. The highest BCUT2D eigenvalue weighted by molar-refractivity contribution is 7.99. The largest absolute Gasteiger partial charge is 0.376 e. The van der Waals surface area contributed by atoms with E-state index in [1.54, 1.807) is 15.9 Å². The molecule has 4 rings (SSSR count). The van der Waals surface area contributed by atoms with Crippen molar-refractivity contribution >= 4 is 39.2 Å². The quantitative estimate of drug-likeness (QED) is 0.429. The van der Waals surface area contributed by atoms with Crippen molar-refractivity contribution in [3.05, 3.63) is 50.6 Å². The number of nitrogens with one attached hydrogen (secondary N) is 1. The smallest absolute Gasteiger partial charge is 0.267 e. The fourth-order valence-electron chi connectivity index (χ4n) is 3.93. The number of carbonyl (C=O) groups is 1. The van der Waals surface area contributed by atoms with Crippen LogP contribution < -0.4 is 10.9 Å². The number of carbonyl (C=O) groups excluding carboxylic acids is 1. The minimum absolute atomic E-state index is 0.0703. The number of aryl methyl sites for hydroxylation is 3. The van der Waals surface area contributed by atoms with E-state index in [0.717, 1.165) is 52.4 Å². The zero-order chi connectivity index (χ0) is 22.0. The van der Waals surface area contributed by atoms with Crippen LogP contribution in [-0.2, 0) is 16.0 Å². The molecule has 0 saturated carbocycles. The molecule has 1 aliphatic rings. The van der Waals surface area contributed by atoms with Crippen LogP contribution in [0.3, 0.4) is 0 Å². The van der Waals surface area contributed by atoms with Gasteiger partial charge in [-0.25, -0.2) is 4.98 Å². The standard InChI is InChI=1S/C23H27N3O3S2/c1-4-18-15(3)31-21-20(18)22(28)26(16-8-5-7-14(2)11-16)23(25-21)30-13-19(27)24-12-17-9-6-10-29-17/h5,7-8,11,17H,4,6,9-10,12-13H2,1-3H3,(H,24,27). The van der Waals surface area contributed by atoms with Crippen LogP contribution in [0.1, 0.15) is 35.8 Å². The number of hydrogen-bond donors (Lipinski definition) is 1. The number of thioether (sulfide) groups is 1. The van der Waals surface area contributed by atoms with Gasteiger partial charge in [0.25, 0.3) is 5.56 Å². The summed E-state index contributed by atoms with van der Waals surface area (Å²) >= 11 is 2.84. The van der Waals surface area contributed by atoms with Gasteiger partial charge in [-0.1, -0.05) is 30.8 Å². The lowest BCUT2D eigenvalue weighted by atomic mass is 10.1. The molecule has 1 N–H and O–H groups in total. The molecule has 164 valence electrons. The molecule has 0 radical (unpaired) electrons. The fourth-order valence-corrected chi connectivity index (χ4v) is 5.93. The molecular formula is C23H27N3O3S2. The first-order valence-corrected chi connectivity index (χ1v) is 12.4. The number of amides is 1. The molecule has 3 aromatic rings. The molecule has 0 aliphatic carbocycles. The van der Waals surface area contributed by atoms with Crippen molar-refractivity contribution in [2.75, 3.05) is 18.9 Å². The molecule has 1 amide bonds. The minimum atomic E-state index is -0.0813. The van der Waals surface area contributed by atoms with Gasteiger partial charge < -0.3 is 10.1 Å². The maximum atomic E-state index is 13.6. The number of hydrogen-bond acceptors (Lipinski definition) is 6. The summed E-state index contributed by atoms with van der Waals surface area (Å²) in [6.45, 7) is 7.39. The Labute approximate surface area is 190 Å².